The minimum Gasteiger partial charge on any atom is -0.403 e. The molecule has 0 aromatic heterocycles. The summed E-state index contributed by atoms with van der Waals surface area (Å²) in [5, 5.41) is 0. The molecule has 0 aliphatic carbocycles. The highest BCUT2D eigenvalue weighted by molar-refractivity contribution is 6.47. The lowest BCUT2D eigenvalue weighted by Gasteiger charge is -2.32. The summed E-state index contributed by atoms with van der Waals surface area (Å²) in [7, 11) is -0.0263. The van der Waals surface area contributed by atoms with Gasteiger partial charge in [-0.15, -0.1) is 0 Å². The molecule has 1 fully saturated rings. The second-order valence-electron chi connectivity index (χ2n) is 6.45. The van der Waals surface area contributed by atoms with Crippen LogP contribution >= 0.6 is 0 Å². The van der Waals surface area contributed by atoms with E-state index in [0.717, 1.165) is 0 Å². The molecule has 1 unspecified atom stereocenters. The van der Waals surface area contributed by atoms with Crippen LogP contribution in [0.4, 0.5) is 0 Å². The van der Waals surface area contributed by atoms with Crippen LogP contribution in [0.5, 0.6) is 0 Å². The average Bonchev–Trinajstić information content (AvgIpc) is 2.43. The van der Waals surface area contributed by atoms with Crippen molar-refractivity contribution < 1.29 is 9.31 Å². The molecule has 1 aliphatic heterocycles. The van der Waals surface area contributed by atoms with E-state index in [0.29, 0.717) is 5.82 Å². The molecular formula is C14H29BO2. The topological polar surface area (TPSA) is 18.5 Å². The van der Waals surface area contributed by atoms with Gasteiger partial charge in [0.05, 0.1) is 11.2 Å². The monoisotopic (exact) mass is 240 g/mol. The Hall–Kier alpha value is -0.0151. The SMILES string of the molecule is CCCCCCC(C)B1OC(C)(C)C(C)(C)O1. The molecule has 1 atom stereocenters. The van der Waals surface area contributed by atoms with Crippen LogP contribution in [0.25, 0.3) is 0 Å². The smallest absolute Gasteiger partial charge is 0.403 e. The normalized spacial score (nSPS) is 24.0. The van der Waals surface area contributed by atoms with E-state index in [4.69, 9.17) is 9.31 Å². The zero-order chi connectivity index (χ0) is 13.1. The van der Waals surface area contributed by atoms with E-state index < -0.39 is 0 Å². The highest BCUT2D eigenvalue weighted by Gasteiger charge is 2.52. The molecule has 0 aromatic rings. The summed E-state index contributed by atoms with van der Waals surface area (Å²) >= 11 is 0. The predicted octanol–water partition coefficient (Wildman–Crippen LogP) is 4.44. The summed E-state index contributed by atoms with van der Waals surface area (Å²) in [6.45, 7) is 13.0. The van der Waals surface area contributed by atoms with Crippen LogP contribution in [-0.2, 0) is 9.31 Å². The van der Waals surface area contributed by atoms with Crippen LogP contribution in [0, 0.1) is 0 Å². The van der Waals surface area contributed by atoms with E-state index in [9.17, 15) is 0 Å². The first-order valence-corrected chi connectivity index (χ1v) is 7.16. The first-order valence-electron chi connectivity index (χ1n) is 7.16. The van der Waals surface area contributed by atoms with Crippen LogP contribution in [0.15, 0.2) is 0 Å². The van der Waals surface area contributed by atoms with Gasteiger partial charge in [-0.3, -0.25) is 0 Å². The van der Waals surface area contributed by atoms with Crippen LogP contribution < -0.4 is 0 Å². The molecule has 17 heavy (non-hydrogen) atoms. The van der Waals surface area contributed by atoms with Gasteiger partial charge in [0.15, 0.2) is 0 Å². The molecule has 0 aromatic carbocycles. The van der Waals surface area contributed by atoms with Crippen LogP contribution in [0.2, 0.25) is 5.82 Å². The molecule has 1 aliphatic rings. The van der Waals surface area contributed by atoms with Gasteiger partial charge >= 0.3 is 7.12 Å². The molecule has 0 saturated carbocycles. The summed E-state index contributed by atoms with van der Waals surface area (Å²) in [6.07, 6.45) is 6.47. The average molecular weight is 240 g/mol. The Morgan fingerprint density at radius 1 is 0.941 bits per heavy atom. The Morgan fingerprint density at radius 2 is 1.47 bits per heavy atom. The molecule has 0 radical (unpaired) electrons. The fourth-order valence-corrected chi connectivity index (χ4v) is 2.15. The van der Waals surface area contributed by atoms with E-state index in [-0.39, 0.29) is 18.3 Å². The molecule has 3 heteroatoms. The molecule has 2 nitrogen and oxygen atoms in total. The van der Waals surface area contributed by atoms with E-state index in [1.807, 2.05) is 0 Å². The van der Waals surface area contributed by atoms with Gasteiger partial charge in [-0.05, 0) is 33.5 Å². The fourth-order valence-electron chi connectivity index (χ4n) is 2.15. The summed E-state index contributed by atoms with van der Waals surface area (Å²) in [5.41, 5.74) is -0.370. The Bertz CT molecular complexity index is 222. The molecule has 0 bridgehead atoms. The molecule has 1 heterocycles. The van der Waals surface area contributed by atoms with E-state index in [1.54, 1.807) is 0 Å². The summed E-state index contributed by atoms with van der Waals surface area (Å²) in [6, 6.07) is 0. The van der Waals surface area contributed by atoms with Gasteiger partial charge in [-0.1, -0.05) is 46.0 Å². The number of rotatable bonds is 6. The molecule has 1 saturated heterocycles. The molecule has 1 rings (SSSR count). The van der Waals surface area contributed by atoms with Crippen molar-refractivity contribution >= 4 is 7.12 Å². The fraction of sp³-hybridized carbons (Fsp3) is 1.00. The maximum Gasteiger partial charge on any atom is 0.460 e. The van der Waals surface area contributed by atoms with E-state index in [1.165, 1.54) is 32.1 Å². The Balaban J connectivity index is 2.37. The Kier molecular flexibility index (Phi) is 5.09. The predicted molar refractivity (Wildman–Crippen MR) is 74.3 cm³/mol. The van der Waals surface area contributed by atoms with Crippen molar-refractivity contribution in [3.05, 3.63) is 0 Å². The lowest BCUT2D eigenvalue weighted by Crippen LogP contribution is -2.41. The Labute approximate surface area is 108 Å². The summed E-state index contributed by atoms with van der Waals surface area (Å²) in [5.74, 6) is 0.493. The maximum atomic E-state index is 6.06. The highest BCUT2D eigenvalue weighted by atomic mass is 16.7. The first kappa shape index (κ1) is 15.0. The van der Waals surface area contributed by atoms with Crippen LogP contribution in [0.3, 0.4) is 0 Å². The second-order valence-corrected chi connectivity index (χ2v) is 6.45. The minimum absolute atomic E-state index is 0.0263. The maximum absolute atomic E-state index is 6.06. The molecule has 100 valence electrons. The number of hydrogen-bond donors (Lipinski definition) is 0. The number of hydrogen-bond acceptors (Lipinski definition) is 2. The van der Waals surface area contributed by atoms with Gasteiger partial charge in [0.1, 0.15) is 0 Å². The van der Waals surface area contributed by atoms with Gasteiger partial charge in [0.25, 0.3) is 0 Å². The second kappa shape index (κ2) is 5.75. The van der Waals surface area contributed by atoms with Crippen molar-refractivity contribution in [1.82, 2.24) is 0 Å². The van der Waals surface area contributed by atoms with Crippen molar-refractivity contribution in [1.29, 1.82) is 0 Å². The largest absolute Gasteiger partial charge is 0.460 e. The van der Waals surface area contributed by atoms with Gasteiger partial charge < -0.3 is 9.31 Å². The van der Waals surface area contributed by atoms with Crippen molar-refractivity contribution in [2.75, 3.05) is 0 Å². The third-order valence-electron chi connectivity index (χ3n) is 4.25. The summed E-state index contributed by atoms with van der Waals surface area (Å²) in [4.78, 5) is 0. The van der Waals surface area contributed by atoms with Crippen molar-refractivity contribution in [3.63, 3.8) is 0 Å². The van der Waals surface area contributed by atoms with E-state index >= 15 is 0 Å². The van der Waals surface area contributed by atoms with Gasteiger partial charge in [-0.2, -0.15) is 0 Å². The van der Waals surface area contributed by atoms with Crippen molar-refractivity contribution in [2.24, 2.45) is 0 Å². The lowest BCUT2D eigenvalue weighted by molar-refractivity contribution is 0.00578. The standard InChI is InChI=1S/C14H29BO2/c1-7-8-9-10-11-12(2)15-16-13(3,4)14(5,6)17-15/h12H,7-11H2,1-6H3. The quantitative estimate of drug-likeness (QED) is 0.504. The van der Waals surface area contributed by atoms with Crippen molar-refractivity contribution in [2.45, 2.75) is 90.7 Å². The highest BCUT2D eigenvalue weighted by Crippen LogP contribution is 2.40. The Morgan fingerprint density at radius 3 is 1.94 bits per heavy atom. The third-order valence-corrected chi connectivity index (χ3v) is 4.25. The molecular weight excluding hydrogens is 211 g/mol. The van der Waals surface area contributed by atoms with Gasteiger partial charge in [0.2, 0.25) is 0 Å². The lowest BCUT2D eigenvalue weighted by atomic mass is 9.70. The van der Waals surface area contributed by atoms with Crippen molar-refractivity contribution in [3.8, 4) is 0 Å². The molecule has 0 N–H and O–H groups in total. The van der Waals surface area contributed by atoms with Gasteiger partial charge in [-0.25, -0.2) is 0 Å². The molecule has 0 spiro atoms. The minimum atomic E-state index is -0.185. The third kappa shape index (κ3) is 3.72. The van der Waals surface area contributed by atoms with E-state index in [2.05, 4.69) is 41.5 Å². The van der Waals surface area contributed by atoms with Crippen LogP contribution in [-0.4, -0.2) is 18.3 Å². The zero-order valence-electron chi connectivity index (χ0n) is 12.5. The summed E-state index contributed by atoms with van der Waals surface area (Å²) < 4.78 is 12.1. The molecule has 0 amide bonds. The van der Waals surface area contributed by atoms with Crippen LogP contribution in [0.1, 0.15) is 73.6 Å². The van der Waals surface area contributed by atoms with Gasteiger partial charge in [0, 0.05) is 0 Å². The zero-order valence-corrected chi connectivity index (χ0v) is 12.5. The first-order chi connectivity index (χ1) is 7.80. The number of unbranched alkanes of at least 4 members (excludes halogenated alkanes) is 3.